The minimum atomic E-state index is 0.00734. The van der Waals surface area contributed by atoms with E-state index in [0.717, 1.165) is 48.7 Å². The Labute approximate surface area is 153 Å². The first kappa shape index (κ1) is 16.8. The lowest BCUT2D eigenvalue weighted by Crippen LogP contribution is -2.47. The fraction of sp³-hybridized carbons (Fsp3) is 0.450. The number of ether oxygens (including phenoxy) is 1. The molecule has 6 nitrogen and oxygen atoms in total. The van der Waals surface area contributed by atoms with Gasteiger partial charge in [0.05, 0.1) is 18.4 Å². The summed E-state index contributed by atoms with van der Waals surface area (Å²) in [5.41, 5.74) is 2.04. The van der Waals surface area contributed by atoms with Crippen molar-refractivity contribution in [1.82, 2.24) is 9.97 Å². The zero-order valence-electron chi connectivity index (χ0n) is 15.3. The van der Waals surface area contributed by atoms with Crippen LogP contribution in [0.3, 0.4) is 0 Å². The van der Waals surface area contributed by atoms with Crippen molar-refractivity contribution in [3.8, 4) is 5.75 Å². The molecule has 0 spiro atoms. The summed E-state index contributed by atoms with van der Waals surface area (Å²) in [5, 5.41) is 0. The predicted molar refractivity (Wildman–Crippen MR) is 101 cm³/mol. The van der Waals surface area contributed by atoms with Gasteiger partial charge in [-0.1, -0.05) is 6.07 Å². The zero-order valence-corrected chi connectivity index (χ0v) is 15.3. The maximum absolute atomic E-state index is 13.2. The van der Waals surface area contributed by atoms with Crippen LogP contribution in [0.1, 0.15) is 25.3 Å². The Hall–Kier alpha value is -2.63. The zero-order chi connectivity index (χ0) is 18.1. The normalized spacial score (nSPS) is 20.5. The fourth-order valence-corrected chi connectivity index (χ4v) is 3.79. The molecule has 1 amide bonds. The van der Waals surface area contributed by atoms with E-state index < -0.39 is 0 Å². The summed E-state index contributed by atoms with van der Waals surface area (Å²) in [7, 11) is 0. The van der Waals surface area contributed by atoms with Crippen LogP contribution in [0.2, 0.25) is 0 Å². The number of piperidine rings is 1. The summed E-state index contributed by atoms with van der Waals surface area (Å²) in [6.07, 6.45) is 6.85. The molecule has 136 valence electrons. The number of carbonyl (C=O) groups excluding carboxylic acids is 1. The molecule has 1 atom stereocenters. The third kappa shape index (κ3) is 3.23. The summed E-state index contributed by atoms with van der Waals surface area (Å²) in [6.45, 7) is 6.32. The third-order valence-corrected chi connectivity index (χ3v) is 5.16. The number of nitrogens with zero attached hydrogens (tertiary/aromatic N) is 4. The molecule has 2 aromatic rings. The van der Waals surface area contributed by atoms with Gasteiger partial charge in [-0.25, -0.2) is 4.98 Å². The number of benzene rings is 1. The van der Waals surface area contributed by atoms with Crippen LogP contribution in [-0.4, -0.2) is 41.6 Å². The number of rotatable bonds is 2. The molecule has 0 radical (unpaired) electrons. The summed E-state index contributed by atoms with van der Waals surface area (Å²) in [6, 6.07) is 6.06. The van der Waals surface area contributed by atoms with E-state index in [2.05, 4.69) is 14.9 Å². The minimum Gasteiger partial charge on any atom is -0.487 e. The van der Waals surface area contributed by atoms with Crippen molar-refractivity contribution in [2.24, 2.45) is 5.92 Å². The maximum Gasteiger partial charge on any atom is 0.230 e. The monoisotopic (exact) mass is 352 g/mol. The summed E-state index contributed by atoms with van der Waals surface area (Å²) < 4.78 is 5.94. The number of amides is 1. The van der Waals surface area contributed by atoms with E-state index in [1.165, 1.54) is 0 Å². The molecule has 2 aliphatic rings. The molecule has 6 heteroatoms. The molecule has 4 rings (SSSR count). The van der Waals surface area contributed by atoms with Crippen molar-refractivity contribution < 1.29 is 9.53 Å². The largest absolute Gasteiger partial charge is 0.487 e. The Morgan fingerprint density at radius 2 is 2.04 bits per heavy atom. The molecular formula is C20H24N4O2. The van der Waals surface area contributed by atoms with Gasteiger partial charge in [-0.05, 0) is 44.4 Å². The molecule has 0 bridgehead atoms. The molecule has 1 unspecified atom stereocenters. The number of aryl methyl sites for hydroxylation is 1. The van der Waals surface area contributed by atoms with Gasteiger partial charge in [0, 0.05) is 31.4 Å². The van der Waals surface area contributed by atoms with Crippen LogP contribution in [0.4, 0.5) is 11.5 Å². The van der Waals surface area contributed by atoms with Crippen molar-refractivity contribution in [2.75, 3.05) is 29.4 Å². The van der Waals surface area contributed by atoms with Gasteiger partial charge in [0.1, 0.15) is 17.7 Å². The van der Waals surface area contributed by atoms with Crippen LogP contribution in [0.15, 0.2) is 36.8 Å². The second-order valence-corrected chi connectivity index (χ2v) is 7.17. The quantitative estimate of drug-likeness (QED) is 0.832. The molecule has 2 aliphatic heterocycles. The number of hydrogen-bond acceptors (Lipinski definition) is 5. The predicted octanol–water partition coefficient (Wildman–Crippen LogP) is 2.82. The lowest BCUT2D eigenvalue weighted by atomic mass is 9.94. The number of aromatic nitrogens is 2. The smallest absolute Gasteiger partial charge is 0.230 e. The fourth-order valence-electron chi connectivity index (χ4n) is 3.79. The van der Waals surface area contributed by atoms with E-state index in [1.54, 1.807) is 18.6 Å². The van der Waals surface area contributed by atoms with Crippen molar-refractivity contribution in [3.05, 3.63) is 42.4 Å². The van der Waals surface area contributed by atoms with E-state index >= 15 is 0 Å². The van der Waals surface area contributed by atoms with E-state index in [1.807, 2.05) is 36.9 Å². The molecule has 0 saturated carbocycles. The Morgan fingerprint density at radius 1 is 1.23 bits per heavy atom. The van der Waals surface area contributed by atoms with Crippen LogP contribution < -0.4 is 14.5 Å². The number of anilines is 2. The standard InChI is InChI=1S/C20H24N4O2/c1-14-3-4-17-18(11-14)26-15(2)13-24(17)20(25)16-5-9-23(10-6-16)19-12-21-7-8-22-19/h3-4,7-8,11-12,15-16H,5-6,9-10,13H2,1-2H3. The van der Waals surface area contributed by atoms with Crippen LogP contribution >= 0.6 is 0 Å². The molecule has 0 N–H and O–H groups in total. The molecule has 3 heterocycles. The topological polar surface area (TPSA) is 58.6 Å². The Bertz CT molecular complexity index is 788. The Balaban J connectivity index is 1.47. The van der Waals surface area contributed by atoms with Crippen molar-refractivity contribution in [1.29, 1.82) is 0 Å². The SMILES string of the molecule is Cc1ccc2c(c1)OC(C)CN2C(=O)C1CCN(c2cnccn2)CC1. The first-order valence-corrected chi connectivity index (χ1v) is 9.21. The first-order chi connectivity index (χ1) is 12.6. The van der Waals surface area contributed by atoms with Crippen molar-refractivity contribution in [2.45, 2.75) is 32.8 Å². The van der Waals surface area contributed by atoms with E-state index in [9.17, 15) is 4.79 Å². The van der Waals surface area contributed by atoms with Crippen LogP contribution in [-0.2, 0) is 4.79 Å². The van der Waals surface area contributed by atoms with Crippen LogP contribution in [0.5, 0.6) is 5.75 Å². The van der Waals surface area contributed by atoms with E-state index in [0.29, 0.717) is 6.54 Å². The lowest BCUT2D eigenvalue weighted by Gasteiger charge is -2.38. The molecule has 1 aromatic heterocycles. The molecule has 26 heavy (non-hydrogen) atoms. The number of carbonyl (C=O) groups is 1. The van der Waals surface area contributed by atoms with Gasteiger partial charge in [-0.2, -0.15) is 0 Å². The van der Waals surface area contributed by atoms with Crippen molar-refractivity contribution in [3.63, 3.8) is 0 Å². The summed E-state index contributed by atoms with van der Waals surface area (Å²) in [4.78, 5) is 25.8. The van der Waals surface area contributed by atoms with Gasteiger partial charge in [0.25, 0.3) is 0 Å². The highest BCUT2D eigenvalue weighted by molar-refractivity contribution is 5.97. The van der Waals surface area contributed by atoms with Crippen molar-refractivity contribution >= 4 is 17.4 Å². The highest BCUT2D eigenvalue weighted by atomic mass is 16.5. The second-order valence-electron chi connectivity index (χ2n) is 7.17. The second kappa shape index (κ2) is 6.94. The summed E-state index contributed by atoms with van der Waals surface area (Å²) in [5.74, 6) is 1.96. The van der Waals surface area contributed by atoms with Gasteiger partial charge in [-0.3, -0.25) is 9.78 Å². The van der Waals surface area contributed by atoms with Crippen LogP contribution in [0, 0.1) is 12.8 Å². The van der Waals surface area contributed by atoms with Gasteiger partial charge >= 0.3 is 0 Å². The first-order valence-electron chi connectivity index (χ1n) is 9.21. The molecule has 1 aromatic carbocycles. The molecule has 1 saturated heterocycles. The van der Waals surface area contributed by atoms with Gasteiger partial charge in [-0.15, -0.1) is 0 Å². The third-order valence-electron chi connectivity index (χ3n) is 5.16. The lowest BCUT2D eigenvalue weighted by molar-refractivity contribution is -0.123. The molecular weight excluding hydrogens is 328 g/mol. The number of fused-ring (bicyclic) bond motifs is 1. The maximum atomic E-state index is 13.2. The highest BCUT2D eigenvalue weighted by Crippen LogP contribution is 2.36. The minimum absolute atomic E-state index is 0.00734. The number of hydrogen-bond donors (Lipinski definition) is 0. The Kier molecular flexibility index (Phi) is 4.49. The average Bonchev–Trinajstić information content (AvgIpc) is 2.67. The molecule has 1 fully saturated rings. The summed E-state index contributed by atoms with van der Waals surface area (Å²) >= 11 is 0. The average molecular weight is 352 g/mol. The van der Waals surface area contributed by atoms with E-state index in [-0.39, 0.29) is 17.9 Å². The van der Waals surface area contributed by atoms with Gasteiger partial charge in [0.2, 0.25) is 5.91 Å². The van der Waals surface area contributed by atoms with E-state index in [4.69, 9.17) is 4.74 Å². The van der Waals surface area contributed by atoms with Gasteiger partial charge in [0.15, 0.2) is 0 Å². The van der Waals surface area contributed by atoms with Crippen LogP contribution in [0.25, 0.3) is 0 Å². The van der Waals surface area contributed by atoms with Gasteiger partial charge < -0.3 is 14.5 Å². The molecule has 0 aliphatic carbocycles. The Morgan fingerprint density at radius 3 is 2.77 bits per heavy atom. The highest BCUT2D eigenvalue weighted by Gasteiger charge is 2.34.